The number of sulfone groups is 1. The van der Waals surface area contributed by atoms with Crippen molar-refractivity contribution in [2.24, 2.45) is 0 Å². The van der Waals surface area contributed by atoms with E-state index in [1.165, 1.54) is 12.1 Å². The van der Waals surface area contributed by atoms with E-state index < -0.39 is 21.9 Å². The van der Waals surface area contributed by atoms with Crippen molar-refractivity contribution in [2.45, 2.75) is 24.3 Å². The van der Waals surface area contributed by atoms with Gasteiger partial charge in [-0.3, -0.25) is 0 Å². The predicted octanol–water partition coefficient (Wildman–Crippen LogP) is 1.35. The maximum Gasteiger partial charge on any atom is 0.332 e. The number of carbonyl (C=O) groups is 1. The number of rotatable bonds is 8. The fourth-order valence-electron chi connectivity index (χ4n) is 1.56. The monoisotopic (exact) mass is 302 g/mol. The normalized spacial score (nSPS) is 12.9. The molecule has 0 saturated heterocycles. The van der Waals surface area contributed by atoms with Crippen LogP contribution in [0.3, 0.4) is 0 Å². The first-order valence-corrected chi connectivity index (χ1v) is 8.01. The smallest absolute Gasteiger partial charge is 0.332 e. The average molecular weight is 302 g/mol. The summed E-state index contributed by atoms with van der Waals surface area (Å²) < 4.78 is 33.2. The molecule has 1 atom stereocenters. The van der Waals surface area contributed by atoms with Crippen LogP contribution < -0.4 is 4.74 Å². The number of hydrogen-bond acceptors (Lipinski definition) is 5. The topological polar surface area (TPSA) is 89.9 Å². The van der Waals surface area contributed by atoms with E-state index in [0.29, 0.717) is 12.4 Å². The van der Waals surface area contributed by atoms with Gasteiger partial charge >= 0.3 is 5.97 Å². The van der Waals surface area contributed by atoms with Gasteiger partial charge in [0.1, 0.15) is 5.75 Å². The van der Waals surface area contributed by atoms with Crippen molar-refractivity contribution in [1.29, 1.82) is 0 Å². The summed E-state index contributed by atoms with van der Waals surface area (Å²) in [5, 5.41) is 8.89. The first kappa shape index (κ1) is 16.5. The predicted molar refractivity (Wildman–Crippen MR) is 72.7 cm³/mol. The molecule has 1 unspecified atom stereocenters. The van der Waals surface area contributed by atoms with Crippen molar-refractivity contribution in [1.82, 2.24) is 0 Å². The van der Waals surface area contributed by atoms with Gasteiger partial charge < -0.3 is 14.6 Å². The molecular formula is C13H18O6S. The molecule has 0 aliphatic heterocycles. The number of hydrogen-bond donors (Lipinski definition) is 1. The highest BCUT2D eigenvalue weighted by Crippen LogP contribution is 2.17. The van der Waals surface area contributed by atoms with Gasteiger partial charge in [-0.2, -0.15) is 0 Å². The molecule has 1 rings (SSSR count). The summed E-state index contributed by atoms with van der Waals surface area (Å²) >= 11 is 0. The minimum Gasteiger partial charge on any atom is -0.493 e. The molecule has 1 N–H and O–H groups in total. The molecule has 0 aliphatic rings. The Bertz CT molecular complexity index is 552. The first-order chi connectivity index (χ1) is 9.34. The Labute approximate surface area is 118 Å². The van der Waals surface area contributed by atoms with E-state index in [4.69, 9.17) is 14.6 Å². The number of benzene rings is 1. The van der Waals surface area contributed by atoms with Gasteiger partial charge in [0.05, 0.1) is 11.5 Å². The molecule has 0 fully saturated rings. The van der Waals surface area contributed by atoms with Gasteiger partial charge in [0.15, 0.2) is 15.9 Å². The molecule has 1 aromatic carbocycles. The van der Waals surface area contributed by atoms with Crippen molar-refractivity contribution in [3.63, 3.8) is 0 Å². The third-order valence-electron chi connectivity index (χ3n) is 2.53. The lowest BCUT2D eigenvalue weighted by Gasteiger charge is -2.13. The minimum absolute atomic E-state index is 0.129. The summed E-state index contributed by atoms with van der Waals surface area (Å²) in [7, 11) is -3.29. The van der Waals surface area contributed by atoms with Gasteiger partial charge in [-0.15, -0.1) is 0 Å². The zero-order valence-electron chi connectivity index (χ0n) is 11.4. The van der Waals surface area contributed by atoms with Crippen LogP contribution in [0.25, 0.3) is 0 Å². The molecule has 0 saturated carbocycles. The van der Waals surface area contributed by atoms with Crippen LogP contribution in [0.15, 0.2) is 29.2 Å². The second-order valence-corrected chi connectivity index (χ2v) is 6.18. The molecule has 0 amide bonds. The van der Waals surface area contributed by atoms with Gasteiger partial charge in [-0.25, -0.2) is 13.2 Å². The highest BCUT2D eigenvalue weighted by atomic mass is 32.2. The zero-order chi connectivity index (χ0) is 15.2. The Balaban J connectivity index is 2.60. The van der Waals surface area contributed by atoms with Crippen molar-refractivity contribution in [3.8, 4) is 5.75 Å². The Morgan fingerprint density at radius 1 is 1.40 bits per heavy atom. The third kappa shape index (κ3) is 5.18. The molecule has 7 heteroatoms. The molecule has 0 aliphatic carbocycles. The fraction of sp³-hybridized carbons (Fsp3) is 0.462. The van der Waals surface area contributed by atoms with E-state index in [2.05, 4.69) is 0 Å². The lowest BCUT2D eigenvalue weighted by molar-refractivity contribution is -0.150. The molecule has 0 heterocycles. The Morgan fingerprint density at radius 3 is 2.65 bits per heavy atom. The summed E-state index contributed by atoms with van der Waals surface area (Å²) in [5.74, 6) is -0.658. The van der Waals surface area contributed by atoms with Crippen LogP contribution in [0.2, 0.25) is 0 Å². The van der Waals surface area contributed by atoms with E-state index in [1.807, 2.05) is 0 Å². The van der Waals surface area contributed by atoms with E-state index in [-0.39, 0.29) is 17.9 Å². The minimum atomic E-state index is -3.29. The summed E-state index contributed by atoms with van der Waals surface area (Å²) in [6, 6.07) is 6.07. The molecule has 0 bridgehead atoms. The highest BCUT2D eigenvalue weighted by Gasteiger charge is 2.17. The Kier molecular flexibility index (Phi) is 5.97. The van der Waals surface area contributed by atoms with Crippen molar-refractivity contribution in [3.05, 3.63) is 24.3 Å². The van der Waals surface area contributed by atoms with Crippen LogP contribution in [-0.2, 0) is 19.4 Å². The number of aliphatic carboxylic acids is 1. The summed E-state index contributed by atoms with van der Waals surface area (Å²) in [6.07, 6.45) is 0.381. The standard InChI is InChI=1S/C13H18O6S/c1-3-18-12(13(14)15)7-8-19-10-5-4-6-11(9-10)20(2,16)17/h4-6,9,12H,3,7-8H2,1-2H3,(H,14,15). The quantitative estimate of drug-likeness (QED) is 0.779. The SMILES string of the molecule is CCOC(CCOc1cccc(S(C)(=O)=O)c1)C(=O)O. The van der Waals surface area contributed by atoms with Crippen LogP contribution >= 0.6 is 0 Å². The van der Waals surface area contributed by atoms with E-state index >= 15 is 0 Å². The molecule has 20 heavy (non-hydrogen) atoms. The number of carboxylic acids is 1. The van der Waals surface area contributed by atoms with Crippen molar-refractivity contribution >= 4 is 15.8 Å². The van der Waals surface area contributed by atoms with Crippen LogP contribution in [0.5, 0.6) is 5.75 Å². The molecule has 0 radical (unpaired) electrons. The van der Waals surface area contributed by atoms with Gasteiger partial charge in [0.25, 0.3) is 0 Å². The zero-order valence-corrected chi connectivity index (χ0v) is 12.2. The van der Waals surface area contributed by atoms with Crippen LogP contribution in [-0.4, -0.2) is 45.1 Å². The van der Waals surface area contributed by atoms with Crippen molar-refractivity contribution < 1.29 is 27.8 Å². The summed E-state index contributed by atoms with van der Waals surface area (Å²) in [4.78, 5) is 11.0. The largest absolute Gasteiger partial charge is 0.493 e. The average Bonchev–Trinajstić information content (AvgIpc) is 2.37. The highest BCUT2D eigenvalue weighted by molar-refractivity contribution is 7.90. The lowest BCUT2D eigenvalue weighted by atomic mass is 10.2. The van der Waals surface area contributed by atoms with E-state index in [0.717, 1.165) is 6.26 Å². The van der Waals surface area contributed by atoms with Crippen LogP contribution in [0, 0.1) is 0 Å². The van der Waals surface area contributed by atoms with Gasteiger partial charge in [0.2, 0.25) is 0 Å². The molecule has 0 aromatic heterocycles. The van der Waals surface area contributed by atoms with Crippen LogP contribution in [0.1, 0.15) is 13.3 Å². The first-order valence-electron chi connectivity index (χ1n) is 6.12. The maximum atomic E-state index is 11.4. The van der Waals surface area contributed by atoms with Crippen molar-refractivity contribution in [2.75, 3.05) is 19.5 Å². The van der Waals surface area contributed by atoms with E-state index in [1.54, 1.807) is 19.1 Å². The molecule has 1 aromatic rings. The number of ether oxygens (including phenoxy) is 2. The summed E-state index contributed by atoms with van der Waals surface area (Å²) in [5.41, 5.74) is 0. The van der Waals surface area contributed by atoms with Gasteiger partial charge in [0, 0.05) is 19.3 Å². The van der Waals surface area contributed by atoms with Gasteiger partial charge in [-0.05, 0) is 25.1 Å². The third-order valence-corrected chi connectivity index (χ3v) is 3.64. The van der Waals surface area contributed by atoms with Crippen LogP contribution in [0.4, 0.5) is 0 Å². The number of carboxylic acid groups (broad SMARTS) is 1. The van der Waals surface area contributed by atoms with E-state index in [9.17, 15) is 13.2 Å². The maximum absolute atomic E-state index is 11.4. The molecule has 6 nitrogen and oxygen atoms in total. The molecule has 112 valence electrons. The Morgan fingerprint density at radius 2 is 2.10 bits per heavy atom. The second-order valence-electron chi connectivity index (χ2n) is 4.17. The second kappa shape index (κ2) is 7.25. The fourth-order valence-corrected chi connectivity index (χ4v) is 2.21. The Hall–Kier alpha value is -1.60. The molecule has 0 spiro atoms. The van der Waals surface area contributed by atoms with Gasteiger partial charge in [-0.1, -0.05) is 6.07 Å². The summed E-state index contributed by atoms with van der Waals surface area (Å²) in [6.45, 7) is 2.15. The molecular weight excluding hydrogens is 284 g/mol. The lowest BCUT2D eigenvalue weighted by Crippen LogP contribution is -2.26.